The van der Waals surface area contributed by atoms with Gasteiger partial charge in [0.05, 0.1) is 14.1 Å². The maximum atomic E-state index is 11.5. The summed E-state index contributed by atoms with van der Waals surface area (Å²) in [6.45, 7) is 4.64. The first-order valence-electron chi connectivity index (χ1n) is 4.37. The van der Waals surface area contributed by atoms with Crippen LogP contribution in [0, 0.1) is 0 Å². The quantitative estimate of drug-likeness (QED) is 0.664. The molecule has 1 heterocycles. The third kappa shape index (κ3) is 3.29. The van der Waals surface area contributed by atoms with Crippen molar-refractivity contribution in [1.82, 2.24) is 10.2 Å². The van der Waals surface area contributed by atoms with Crippen LogP contribution < -0.4 is 5.32 Å². The largest absolute Gasteiger partial charge is 0.347 e. The molecule has 1 aliphatic heterocycles. The van der Waals surface area contributed by atoms with Crippen LogP contribution in [0.4, 0.5) is 0 Å². The summed E-state index contributed by atoms with van der Waals surface area (Å²) in [7, 11) is 2.56. The zero-order chi connectivity index (χ0) is 9.35. The van der Waals surface area contributed by atoms with Gasteiger partial charge in [0.2, 0.25) is 5.91 Å². The molecular weight excluding hydrogens is 204 g/mol. The van der Waals surface area contributed by atoms with E-state index in [-0.39, 0.29) is 24.4 Å². The molecule has 0 radical (unpaired) electrons. The summed E-state index contributed by atoms with van der Waals surface area (Å²) >= 11 is 0. The van der Waals surface area contributed by atoms with E-state index >= 15 is 0 Å². The summed E-state index contributed by atoms with van der Waals surface area (Å²) in [4.78, 5) is 13.2. The molecule has 0 aromatic rings. The van der Waals surface area contributed by atoms with Gasteiger partial charge in [-0.05, 0) is 12.2 Å². The molecule has 0 saturated carbocycles. The summed E-state index contributed by atoms with van der Waals surface area (Å²) in [5.41, 5.74) is 0. The molecule has 1 fully saturated rings. The molecule has 13 heavy (non-hydrogen) atoms. The highest BCUT2D eigenvalue weighted by molar-refractivity contribution is 6.78. The summed E-state index contributed by atoms with van der Waals surface area (Å²) < 4.78 is 0. The second-order valence-corrected chi connectivity index (χ2v) is 9.62. The molecule has 5 heteroatoms. The highest BCUT2D eigenvalue weighted by Crippen LogP contribution is 2.18. The lowest BCUT2D eigenvalue weighted by Gasteiger charge is -2.17. The van der Waals surface area contributed by atoms with Crippen LogP contribution in [-0.4, -0.2) is 45.2 Å². The van der Waals surface area contributed by atoms with Crippen molar-refractivity contribution in [1.29, 1.82) is 0 Å². The van der Waals surface area contributed by atoms with Crippen molar-refractivity contribution >= 4 is 26.4 Å². The van der Waals surface area contributed by atoms with Crippen LogP contribution in [0.15, 0.2) is 0 Å². The average Bonchev–Trinajstić information content (AvgIpc) is 2.28. The third-order valence-corrected chi connectivity index (χ3v) is 5.00. The molecule has 78 valence electrons. The summed E-state index contributed by atoms with van der Waals surface area (Å²) in [6.07, 6.45) is 1.08. The van der Waals surface area contributed by atoms with Gasteiger partial charge >= 0.3 is 0 Å². The zero-order valence-electron chi connectivity index (χ0n) is 8.76. The lowest BCUT2D eigenvalue weighted by molar-refractivity contribution is -0.130. The minimum absolute atomic E-state index is 0. The van der Waals surface area contributed by atoms with Crippen molar-refractivity contribution < 1.29 is 4.79 Å². The fourth-order valence-corrected chi connectivity index (χ4v) is 3.95. The van der Waals surface area contributed by atoms with Crippen LogP contribution in [0.3, 0.4) is 0 Å². The Hall–Kier alpha value is -0.0631. The lowest BCUT2D eigenvalue weighted by atomic mass is 10.3. The van der Waals surface area contributed by atoms with Gasteiger partial charge in [-0.25, -0.2) is 0 Å². The van der Waals surface area contributed by atoms with Crippen molar-refractivity contribution in [2.24, 2.45) is 0 Å². The topological polar surface area (TPSA) is 32.3 Å². The molecule has 0 spiro atoms. The Labute approximate surface area is 87.3 Å². The molecule has 1 unspecified atom stereocenters. The maximum Gasteiger partial charge on any atom is 0.238 e. The molecule has 1 amide bonds. The predicted molar refractivity (Wildman–Crippen MR) is 60.0 cm³/mol. The highest BCUT2D eigenvalue weighted by Gasteiger charge is 2.36. The minimum atomic E-state index is -1.07. The van der Waals surface area contributed by atoms with Gasteiger partial charge in [-0.2, -0.15) is 0 Å². The number of amides is 1. The van der Waals surface area contributed by atoms with Crippen LogP contribution in [-0.2, 0) is 4.79 Å². The smallest absolute Gasteiger partial charge is 0.238 e. The van der Waals surface area contributed by atoms with E-state index in [1.807, 2.05) is 14.1 Å². The Bertz CT molecular complexity index is 197. The summed E-state index contributed by atoms with van der Waals surface area (Å²) in [6, 6.07) is 1.19. The molecule has 0 aromatic carbocycles. The summed E-state index contributed by atoms with van der Waals surface area (Å²) in [5.74, 6) is 0.230. The van der Waals surface area contributed by atoms with Gasteiger partial charge in [-0.3, -0.25) is 4.79 Å². The van der Waals surface area contributed by atoms with Crippen LogP contribution in [0.25, 0.3) is 0 Å². The second-order valence-electron chi connectivity index (χ2n) is 4.53. The fraction of sp³-hybridized carbons (Fsp3) is 0.875. The van der Waals surface area contributed by atoms with E-state index in [1.165, 1.54) is 0 Å². The normalized spacial score (nSPS) is 25.1. The molecule has 1 atom stereocenters. The molecule has 0 bridgehead atoms. The van der Waals surface area contributed by atoms with E-state index in [9.17, 15) is 4.79 Å². The molecule has 3 nitrogen and oxygen atoms in total. The SMILES string of the molecule is CN(C)C(=O)C1C[Si](C)(C)CN1.Cl. The summed E-state index contributed by atoms with van der Waals surface area (Å²) in [5, 5.41) is 3.30. The molecule has 0 aliphatic carbocycles. The Morgan fingerprint density at radius 2 is 2.00 bits per heavy atom. The van der Waals surface area contributed by atoms with Gasteiger partial charge in [-0.1, -0.05) is 13.1 Å². The fourth-order valence-electron chi connectivity index (χ4n) is 1.58. The first kappa shape index (κ1) is 12.9. The first-order chi connectivity index (χ1) is 5.42. The highest BCUT2D eigenvalue weighted by atomic mass is 35.5. The van der Waals surface area contributed by atoms with Gasteiger partial charge in [0.15, 0.2) is 0 Å². The molecular formula is C8H19ClN2OSi. The van der Waals surface area contributed by atoms with Gasteiger partial charge in [0.1, 0.15) is 0 Å². The van der Waals surface area contributed by atoms with E-state index in [0.717, 1.165) is 12.2 Å². The van der Waals surface area contributed by atoms with Gasteiger partial charge in [0, 0.05) is 14.1 Å². The number of hydrogen-bond donors (Lipinski definition) is 1. The van der Waals surface area contributed by atoms with E-state index < -0.39 is 8.07 Å². The average molecular weight is 223 g/mol. The molecule has 0 aromatic heterocycles. The number of nitrogens with zero attached hydrogens (tertiary/aromatic N) is 1. The molecule has 1 aliphatic rings. The standard InChI is InChI=1S/C8H18N2OSi.ClH/c1-10(2)8(11)7-5-12(3,4)6-9-7;/h7,9H,5-6H2,1-4H3;1H. The van der Waals surface area contributed by atoms with Crippen LogP contribution in [0.1, 0.15) is 0 Å². The van der Waals surface area contributed by atoms with Gasteiger partial charge in [0.25, 0.3) is 0 Å². The van der Waals surface area contributed by atoms with Crippen molar-refractivity contribution in [3.63, 3.8) is 0 Å². The number of carbonyl (C=O) groups excluding carboxylic acids is 1. The van der Waals surface area contributed by atoms with Crippen molar-refractivity contribution in [3.05, 3.63) is 0 Å². The minimum Gasteiger partial charge on any atom is -0.347 e. The van der Waals surface area contributed by atoms with E-state index in [0.29, 0.717) is 0 Å². The van der Waals surface area contributed by atoms with E-state index in [2.05, 4.69) is 18.4 Å². The monoisotopic (exact) mass is 222 g/mol. The Morgan fingerprint density at radius 3 is 2.31 bits per heavy atom. The Kier molecular flexibility index (Phi) is 4.42. The van der Waals surface area contributed by atoms with Crippen molar-refractivity contribution in [2.45, 2.75) is 25.2 Å². The maximum absolute atomic E-state index is 11.5. The zero-order valence-corrected chi connectivity index (χ0v) is 10.6. The van der Waals surface area contributed by atoms with Crippen LogP contribution >= 0.6 is 12.4 Å². The van der Waals surface area contributed by atoms with Crippen LogP contribution in [0.2, 0.25) is 19.1 Å². The Morgan fingerprint density at radius 1 is 1.46 bits per heavy atom. The number of likely N-dealkylation sites (N-methyl/N-ethyl adjacent to an activating group) is 1. The first-order valence-corrected chi connectivity index (χ1v) is 7.78. The van der Waals surface area contributed by atoms with Crippen LogP contribution in [0.5, 0.6) is 0 Å². The number of carbonyl (C=O) groups is 1. The second kappa shape index (κ2) is 4.44. The number of rotatable bonds is 1. The Balaban J connectivity index is 0.00000144. The number of hydrogen-bond acceptors (Lipinski definition) is 2. The van der Waals surface area contributed by atoms with Crippen molar-refractivity contribution in [3.8, 4) is 0 Å². The third-order valence-electron chi connectivity index (χ3n) is 2.32. The predicted octanol–water partition coefficient (Wildman–Crippen LogP) is 0.716. The van der Waals surface area contributed by atoms with Crippen molar-refractivity contribution in [2.75, 3.05) is 20.3 Å². The van der Waals surface area contributed by atoms with Gasteiger partial charge in [-0.15, -0.1) is 12.4 Å². The number of halogens is 1. The molecule has 1 N–H and O–H groups in total. The molecule has 1 saturated heterocycles. The number of nitrogens with one attached hydrogen (secondary N) is 1. The van der Waals surface area contributed by atoms with E-state index in [1.54, 1.807) is 4.90 Å². The van der Waals surface area contributed by atoms with E-state index in [4.69, 9.17) is 0 Å². The molecule has 1 rings (SSSR count). The van der Waals surface area contributed by atoms with Gasteiger partial charge < -0.3 is 10.2 Å². The lowest BCUT2D eigenvalue weighted by Crippen LogP contribution is -2.39.